The Morgan fingerprint density at radius 3 is 2.39 bits per heavy atom. The summed E-state index contributed by atoms with van der Waals surface area (Å²) in [6.07, 6.45) is 2.05. The summed E-state index contributed by atoms with van der Waals surface area (Å²) in [5.74, 6) is -0.690. The molecule has 3 amide bonds. The van der Waals surface area contributed by atoms with E-state index >= 15 is 0 Å². The summed E-state index contributed by atoms with van der Waals surface area (Å²) in [5, 5.41) is 5.94. The molecule has 1 aliphatic heterocycles. The third-order valence-corrected chi connectivity index (χ3v) is 5.22. The molecule has 10 heteroatoms. The SMILES string of the molecule is Cc1ccc(NC(=O)C2CCN(C(=O)OC(C)(C)C)CC2)c(C(=O)Nc2ccc(Cl)cn2)n1. The first-order valence-corrected chi connectivity index (χ1v) is 11.1. The number of rotatable bonds is 4. The lowest BCUT2D eigenvalue weighted by Crippen LogP contribution is -2.43. The van der Waals surface area contributed by atoms with Crippen LogP contribution in [0.3, 0.4) is 0 Å². The maximum Gasteiger partial charge on any atom is 0.410 e. The molecule has 0 radical (unpaired) electrons. The van der Waals surface area contributed by atoms with Crippen LogP contribution in [0, 0.1) is 12.8 Å². The van der Waals surface area contributed by atoms with E-state index in [-0.39, 0.29) is 23.6 Å². The lowest BCUT2D eigenvalue weighted by Gasteiger charge is -2.33. The van der Waals surface area contributed by atoms with Gasteiger partial charge in [0.05, 0.1) is 10.7 Å². The summed E-state index contributed by atoms with van der Waals surface area (Å²) in [6, 6.07) is 6.56. The van der Waals surface area contributed by atoms with Crippen LogP contribution in [-0.2, 0) is 9.53 Å². The molecular formula is C23H28ClN5O4. The summed E-state index contributed by atoms with van der Waals surface area (Å²) in [4.78, 5) is 47.9. The molecule has 2 N–H and O–H groups in total. The van der Waals surface area contributed by atoms with Gasteiger partial charge in [-0.1, -0.05) is 11.6 Å². The second-order valence-corrected chi connectivity index (χ2v) is 9.33. The molecule has 176 valence electrons. The Morgan fingerprint density at radius 2 is 1.79 bits per heavy atom. The molecule has 2 aromatic rings. The van der Waals surface area contributed by atoms with Crippen LogP contribution in [0.5, 0.6) is 0 Å². The van der Waals surface area contributed by atoms with Crippen molar-refractivity contribution in [1.29, 1.82) is 0 Å². The van der Waals surface area contributed by atoms with E-state index in [1.165, 1.54) is 6.20 Å². The van der Waals surface area contributed by atoms with Gasteiger partial charge in [-0.2, -0.15) is 0 Å². The Labute approximate surface area is 197 Å². The molecule has 33 heavy (non-hydrogen) atoms. The number of hydrogen-bond acceptors (Lipinski definition) is 6. The minimum Gasteiger partial charge on any atom is -0.444 e. The van der Waals surface area contributed by atoms with Crippen molar-refractivity contribution >= 4 is 41.0 Å². The van der Waals surface area contributed by atoms with Gasteiger partial charge in [-0.15, -0.1) is 0 Å². The number of nitrogens with one attached hydrogen (secondary N) is 2. The predicted molar refractivity (Wildman–Crippen MR) is 125 cm³/mol. The summed E-state index contributed by atoms with van der Waals surface area (Å²) in [5.41, 5.74) is 0.466. The molecule has 1 fully saturated rings. The second-order valence-electron chi connectivity index (χ2n) is 8.90. The molecule has 0 spiro atoms. The second kappa shape index (κ2) is 10.2. The smallest absolute Gasteiger partial charge is 0.410 e. The molecule has 2 aromatic heterocycles. The van der Waals surface area contributed by atoms with Gasteiger partial charge in [0, 0.05) is 30.9 Å². The Balaban J connectivity index is 1.64. The van der Waals surface area contributed by atoms with Crippen molar-refractivity contribution in [3.8, 4) is 0 Å². The van der Waals surface area contributed by atoms with Crippen LogP contribution in [0.15, 0.2) is 30.5 Å². The third kappa shape index (κ3) is 6.89. The van der Waals surface area contributed by atoms with Crippen LogP contribution < -0.4 is 10.6 Å². The first-order chi connectivity index (χ1) is 15.5. The molecule has 0 bridgehead atoms. The quantitative estimate of drug-likeness (QED) is 0.685. The number of anilines is 2. The summed E-state index contributed by atoms with van der Waals surface area (Å²) >= 11 is 5.83. The average molecular weight is 474 g/mol. The topological polar surface area (TPSA) is 114 Å². The van der Waals surface area contributed by atoms with Crippen LogP contribution in [0.2, 0.25) is 5.02 Å². The predicted octanol–water partition coefficient (Wildman–Crippen LogP) is 4.28. The minimum absolute atomic E-state index is 0.0892. The van der Waals surface area contributed by atoms with E-state index in [0.717, 1.165) is 0 Å². The molecule has 0 aromatic carbocycles. The number of nitrogens with zero attached hydrogens (tertiary/aromatic N) is 3. The van der Waals surface area contributed by atoms with Gasteiger partial charge in [0.25, 0.3) is 5.91 Å². The maximum atomic E-state index is 12.9. The Morgan fingerprint density at radius 1 is 1.09 bits per heavy atom. The van der Waals surface area contributed by atoms with Crippen molar-refractivity contribution < 1.29 is 19.1 Å². The Bertz CT molecular complexity index is 1030. The monoisotopic (exact) mass is 473 g/mol. The highest BCUT2D eigenvalue weighted by Crippen LogP contribution is 2.23. The molecule has 3 rings (SSSR count). The number of aryl methyl sites for hydroxylation is 1. The van der Waals surface area contributed by atoms with Crippen LogP contribution in [0.25, 0.3) is 0 Å². The summed E-state index contributed by atoms with van der Waals surface area (Å²) in [6.45, 7) is 8.06. The first-order valence-electron chi connectivity index (χ1n) is 10.7. The fourth-order valence-electron chi connectivity index (χ4n) is 3.34. The number of aromatic nitrogens is 2. The number of pyridine rings is 2. The van der Waals surface area contributed by atoms with Gasteiger partial charge in [-0.05, 0) is 64.8 Å². The number of hydrogen-bond donors (Lipinski definition) is 2. The van der Waals surface area contributed by atoms with E-state index in [1.807, 2.05) is 20.8 Å². The van der Waals surface area contributed by atoms with Crippen molar-refractivity contribution in [2.24, 2.45) is 5.92 Å². The number of ether oxygens (including phenoxy) is 1. The van der Waals surface area contributed by atoms with Gasteiger partial charge in [-0.3, -0.25) is 9.59 Å². The van der Waals surface area contributed by atoms with Crippen LogP contribution in [0.4, 0.5) is 16.3 Å². The van der Waals surface area contributed by atoms with Gasteiger partial charge < -0.3 is 20.3 Å². The molecule has 0 unspecified atom stereocenters. The molecule has 0 saturated carbocycles. The third-order valence-electron chi connectivity index (χ3n) is 4.99. The zero-order valence-corrected chi connectivity index (χ0v) is 19.9. The van der Waals surface area contributed by atoms with E-state index in [9.17, 15) is 14.4 Å². The fourth-order valence-corrected chi connectivity index (χ4v) is 3.45. The normalized spacial score (nSPS) is 14.5. The van der Waals surface area contributed by atoms with Gasteiger partial charge in [0.1, 0.15) is 11.4 Å². The van der Waals surface area contributed by atoms with Crippen LogP contribution in [-0.4, -0.2) is 51.5 Å². The highest BCUT2D eigenvalue weighted by atomic mass is 35.5. The number of carbonyl (C=O) groups is 3. The molecule has 1 saturated heterocycles. The number of halogens is 1. The highest BCUT2D eigenvalue weighted by Gasteiger charge is 2.30. The van der Waals surface area contributed by atoms with E-state index in [2.05, 4.69) is 20.6 Å². The lowest BCUT2D eigenvalue weighted by molar-refractivity contribution is -0.121. The van der Waals surface area contributed by atoms with E-state index < -0.39 is 11.5 Å². The number of carbonyl (C=O) groups excluding carboxylic acids is 3. The largest absolute Gasteiger partial charge is 0.444 e. The number of likely N-dealkylation sites (tertiary alicyclic amines) is 1. The Kier molecular flexibility index (Phi) is 7.53. The standard InChI is InChI=1S/C23H28ClN5O4/c1-14-5-7-17(19(26-14)21(31)28-18-8-6-16(24)13-25-18)27-20(30)15-9-11-29(12-10-15)22(32)33-23(2,3)4/h5-8,13,15H,9-12H2,1-4H3,(H,27,30)(H,25,28,31). The molecule has 0 aliphatic carbocycles. The van der Waals surface area contributed by atoms with Crippen molar-refractivity contribution in [3.63, 3.8) is 0 Å². The van der Waals surface area contributed by atoms with Gasteiger partial charge in [0.2, 0.25) is 5.91 Å². The van der Waals surface area contributed by atoms with Gasteiger partial charge in [-0.25, -0.2) is 14.8 Å². The lowest BCUT2D eigenvalue weighted by atomic mass is 9.96. The highest BCUT2D eigenvalue weighted by molar-refractivity contribution is 6.30. The minimum atomic E-state index is -0.567. The van der Waals surface area contributed by atoms with Gasteiger partial charge >= 0.3 is 6.09 Å². The van der Waals surface area contributed by atoms with Crippen LogP contribution >= 0.6 is 11.6 Å². The van der Waals surface area contributed by atoms with E-state index in [1.54, 1.807) is 36.1 Å². The zero-order valence-electron chi connectivity index (χ0n) is 19.1. The summed E-state index contributed by atoms with van der Waals surface area (Å²) < 4.78 is 5.40. The average Bonchev–Trinajstić information content (AvgIpc) is 2.75. The number of piperidine rings is 1. The Hall–Kier alpha value is -3.20. The van der Waals surface area contributed by atoms with E-state index in [4.69, 9.17) is 16.3 Å². The molecule has 0 atom stereocenters. The van der Waals surface area contributed by atoms with E-state index in [0.29, 0.717) is 48.2 Å². The number of amides is 3. The zero-order chi connectivity index (χ0) is 24.2. The fraction of sp³-hybridized carbons (Fsp3) is 0.435. The maximum absolute atomic E-state index is 12.9. The molecule has 3 heterocycles. The van der Waals surface area contributed by atoms with Crippen molar-refractivity contribution in [3.05, 3.63) is 46.9 Å². The van der Waals surface area contributed by atoms with Crippen molar-refractivity contribution in [1.82, 2.24) is 14.9 Å². The van der Waals surface area contributed by atoms with Gasteiger partial charge in [0.15, 0.2) is 5.69 Å². The first kappa shape index (κ1) is 24.4. The molecular weight excluding hydrogens is 446 g/mol. The van der Waals surface area contributed by atoms with Crippen molar-refractivity contribution in [2.75, 3.05) is 23.7 Å². The molecule has 9 nitrogen and oxygen atoms in total. The molecule has 1 aliphatic rings. The summed E-state index contributed by atoms with van der Waals surface area (Å²) in [7, 11) is 0. The van der Waals surface area contributed by atoms with Crippen LogP contribution in [0.1, 0.15) is 49.8 Å². The van der Waals surface area contributed by atoms with Crippen molar-refractivity contribution in [2.45, 2.75) is 46.1 Å².